The number of carbonyl (C=O) groups excluding carboxylic acids is 1. The first-order chi connectivity index (χ1) is 12.2. The topological polar surface area (TPSA) is 36.4 Å². The van der Waals surface area contributed by atoms with Gasteiger partial charge in [-0.3, -0.25) is 4.79 Å². The highest BCUT2D eigenvalue weighted by Crippen LogP contribution is 2.35. The van der Waals surface area contributed by atoms with Gasteiger partial charge in [0.2, 0.25) is 5.91 Å². The molecule has 4 rings (SSSR count). The van der Waals surface area contributed by atoms with Crippen LogP contribution in [0.5, 0.6) is 0 Å². The van der Waals surface area contributed by atoms with Crippen LogP contribution in [0, 0.1) is 5.92 Å². The number of nitrogens with zero attached hydrogens (tertiary/aromatic N) is 3. The molecule has 25 heavy (non-hydrogen) atoms. The molecule has 1 amide bonds. The van der Waals surface area contributed by atoms with Gasteiger partial charge in [-0.25, -0.2) is 4.98 Å². The predicted molar refractivity (Wildman–Crippen MR) is 102 cm³/mol. The van der Waals surface area contributed by atoms with Crippen molar-refractivity contribution < 1.29 is 4.79 Å². The summed E-state index contributed by atoms with van der Waals surface area (Å²) in [6, 6.07) is 10.4. The highest BCUT2D eigenvalue weighted by atomic mass is 32.1. The lowest BCUT2D eigenvalue weighted by atomic mass is 9.89. The molecule has 1 fully saturated rings. The lowest BCUT2D eigenvalue weighted by molar-refractivity contribution is -0.137. The van der Waals surface area contributed by atoms with Gasteiger partial charge in [-0.05, 0) is 25.8 Å². The van der Waals surface area contributed by atoms with E-state index < -0.39 is 0 Å². The fourth-order valence-corrected chi connectivity index (χ4v) is 5.03. The monoisotopic (exact) mass is 355 g/mol. The zero-order valence-corrected chi connectivity index (χ0v) is 15.6. The minimum Gasteiger partial charge on any atom is -0.340 e. The molecular weight excluding hydrogens is 330 g/mol. The number of hydrogen-bond donors (Lipinski definition) is 0. The quantitative estimate of drug-likeness (QED) is 0.849. The lowest BCUT2D eigenvalue weighted by Gasteiger charge is -2.36. The maximum atomic E-state index is 12.9. The summed E-state index contributed by atoms with van der Waals surface area (Å²) in [5, 5.41) is 1.09. The van der Waals surface area contributed by atoms with Gasteiger partial charge in [0.05, 0.1) is 5.69 Å². The minimum atomic E-state index is 0.143. The van der Waals surface area contributed by atoms with E-state index >= 15 is 0 Å². The summed E-state index contributed by atoms with van der Waals surface area (Å²) in [5.41, 5.74) is 2.39. The third-order valence-electron chi connectivity index (χ3n) is 5.44. The Kier molecular flexibility index (Phi) is 4.86. The Morgan fingerprint density at radius 2 is 1.96 bits per heavy atom. The van der Waals surface area contributed by atoms with Crippen LogP contribution in [0.2, 0.25) is 0 Å². The molecule has 0 saturated carbocycles. The maximum absolute atomic E-state index is 12.9. The summed E-state index contributed by atoms with van der Waals surface area (Å²) >= 11 is 1.77. The molecule has 4 nitrogen and oxygen atoms in total. The zero-order chi connectivity index (χ0) is 17.2. The Labute approximate surface area is 153 Å². The van der Waals surface area contributed by atoms with E-state index in [0.29, 0.717) is 5.91 Å². The number of benzene rings is 1. The SMILES string of the molecule is CCN1CCN(C(=O)C2CCc3nc(-c4ccccc4)sc3C2)CC1. The molecule has 1 atom stereocenters. The lowest BCUT2D eigenvalue weighted by Crippen LogP contribution is -2.50. The smallest absolute Gasteiger partial charge is 0.226 e. The average molecular weight is 356 g/mol. The molecule has 1 aliphatic carbocycles. The van der Waals surface area contributed by atoms with Gasteiger partial charge in [-0.2, -0.15) is 0 Å². The van der Waals surface area contributed by atoms with Gasteiger partial charge in [0.1, 0.15) is 5.01 Å². The Morgan fingerprint density at radius 1 is 1.20 bits per heavy atom. The zero-order valence-electron chi connectivity index (χ0n) is 14.8. The van der Waals surface area contributed by atoms with Gasteiger partial charge >= 0.3 is 0 Å². The highest BCUT2D eigenvalue weighted by Gasteiger charge is 2.31. The molecule has 2 aromatic rings. The molecule has 0 N–H and O–H groups in total. The predicted octanol–water partition coefficient (Wildman–Crippen LogP) is 3.08. The van der Waals surface area contributed by atoms with E-state index in [-0.39, 0.29) is 5.92 Å². The standard InChI is InChI=1S/C20H25N3OS/c1-2-22-10-12-23(13-11-22)20(24)16-8-9-17-18(14-16)25-19(21-17)15-6-4-3-5-7-15/h3-7,16H,2,8-14H2,1H3. The number of thiazole rings is 1. The van der Waals surface area contributed by atoms with E-state index in [1.165, 1.54) is 16.1 Å². The highest BCUT2D eigenvalue weighted by molar-refractivity contribution is 7.15. The van der Waals surface area contributed by atoms with Crippen LogP contribution in [0.15, 0.2) is 30.3 Å². The molecule has 0 radical (unpaired) electrons. The van der Waals surface area contributed by atoms with E-state index in [2.05, 4.69) is 41.0 Å². The molecule has 1 aromatic carbocycles. The number of aryl methyl sites for hydroxylation is 1. The molecule has 5 heteroatoms. The molecule has 0 spiro atoms. The second-order valence-corrected chi connectivity index (χ2v) is 8.04. The van der Waals surface area contributed by atoms with Crippen LogP contribution >= 0.6 is 11.3 Å². The van der Waals surface area contributed by atoms with Crippen molar-refractivity contribution in [1.29, 1.82) is 0 Å². The number of hydrogen-bond acceptors (Lipinski definition) is 4. The Bertz CT molecular complexity index is 735. The van der Waals surface area contributed by atoms with Gasteiger partial charge in [0.15, 0.2) is 0 Å². The van der Waals surface area contributed by atoms with E-state index in [0.717, 1.165) is 57.0 Å². The number of likely N-dealkylation sites (N-methyl/N-ethyl adjacent to an activating group) is 1. The number of piperazine rings is 1. The molecule has 1 saturated heterocycles. The first-order valence-electron chi connectivity index (χ1n) is 9.29. The first kappa shape index (κ1) is 16.7. The third-order valence-corrected chi connectivity index (χ3v) is 6.61. The molecule has 1 unspecified atom stereocenters. The Hall–Kier alpha value is -1.72. The van der Waals surface area contributed by atoms with Gasteiger partial charge in [-0.15, -0.1) is 11.3 Å². The first-order valence-corrected chi connectivity index (χ1v) is 10.1. The van der Waals surface area contributed by atoms with Crippen molar-refractivity contribution >= 4 is 17.2 Å². The van der Waals surface area contributed by atoms with Crippen molar-refractivity contribution in [1.82, 2.24) is 14.8 Å². The van der Waals surface area contributed by atoms with Gasteiger partial charge in [0.25, 0.3) is 0 Å². The Balaban J connectivity index is 1.44. The number of carbonyl (C=O) groups is 1. The summed E-state index contributed by atoms with van der Waals surface area (Å²) in [6.07, 6.45) is 2.74. The van der Waals surface area contributed by atoms with Crippen LogP contribution in [-0.2, 0) is 17.6 Å². The molecular formula is C20H25N3OS. The van der Waals surface area contributed by atoms with Gasteiger partial charge < -0.3 is 9.80 Å². The Morgan fingerprint density at radius 3 is 2.68 bits per heavy atom. The van der Waals surface area contributed by atoms with Crippen molar-refractivity contribution in [2.45, 2.75) is 26.2 Å². The van der Waals surface area contributed by atoms with Crippen molar-refractivity contribution in [2.75, 3.05) is 32.7 Å². The number of fused-ring (bicyclic) bond motifs is 1. The largest absolute Gasteiger partial charge is 0.340 e. The van der Waals surface area contributed by atoms with Crippen LogP contribution in [0.4, 0.5) is 0 Å². The number of rotatable bonds is 3. The normalized spacial score (nSPS) is 21.2. The number of aromatic nitrogens is 1. The van der Waals surface area contributed by atoms with Crippen LogP contribution in [0.25, 0.3) is 10.6 Å². The molecule has 2 heterocycles. The third kappa shape index (κ3) is 3.48. The fraction of sp³-hybridized carbons (Fsp3) is 0.500. The molecule has 1 aromatic heterocycles. The van der Waals surface area contributed by atoms with E-state index in [1.54, 1.807) is 11.3 Å². The molecule has 0 bridgehead atoms. The second-order valence-electron chi connectivity index (χ2n) is 6.95. The van der Waals surface area contributed by atoms with Crippen molar-refractivity contribution in [3.63, 3.8) is 0 Å². The van der Waals surface area contributed by atoms with Gasteiger partial charge in [-0.1, -0.05) is 37.3 Å². The van der Waals surface area contributed by atoms with E-state index in [9.17, 15) is 4.79 Å². The summed E-state index contributed by atoms with van der Waals surface area (Å²) in [4.78, 5) is 23.6. The fourth-order valence-electron chi connectivity index (χ4n) is 3.83. The van der Waals surface area contributed by atoms with Crippen molar-refractivity contribution in [3.05, 3.63) is 40.9 Å². The van der Waals surface area contributed by atoms with Crippen molar-refractivity contribution in [3.8, 4) is 10.6 Å². The molecule has 132 valence electrons. The van der Waals surface area contributed by atoms with Crippen LogP contribution in [0.1, 0.15) is 23.9 Å². The van der Waals surface area contributed by atoms with Gasteiger partial charge in [0, 0.05) is 42.5 Å². The molecule has 1 aliphatic heterocycles. The van der Waals surface area contributed by atoms with Crippen LogP contribution < -0.4 is 0 Å². The molecule has 2 aliphatic rings. The average Bonchev–Trinajstić information content (AvgIpc) is 3.11. The van der Waals surface area contributed by atoms with Crippen LogP contribution in [-0.4, -0.2) is 53.4 Å². The number of amides is 1. The van der Waals surface area contributed by atoms with E-state index in [4.69, 9.17) is 4.98 Å². The summed E-state index contributed by atoms with van der Waals surface area (Å²) in [5.74, 6) is 0.501. The summed E-state index contributed by atoms with van der Waals surface area (Å²) < 4.78 is 0. The summed E-state index contributed by atoms with van der Waals surface area (Å²) in [6.45, 7) is 7.06. The van der Waals surface area contributed by atoms with E-state index in [1.807, 2.05) is 6.07 Å². The summed E-state index contributed by atoms with van der Waals surface area (Å²) in [7, 11) is 0. The van der Waals surface area contributed by atoms with Crippen LogP contribution in [0.3, 0.4) is 0 Å². The second kappa shape index (κ2) is 7.26. The van der Waals surface area contributed by atoms with Crippen molar-refractivity contribution in [2.24, 2.45) is 5.92 Å². The maximum Gasteiger partial charge on any atom is 0.226 e. The minimum absolute atomic E-state index is 0.143.